The van der Waals surface area contributed by atoms with Gasteiger partial charge in [0.25, 0.3) is 5.91 Å². The molecule has 2 aromatic rings. The van der Waals surface area contributed by atoms with Gasteiger partial charge in [0.2, 0.25) is 0 Å². The predicted octanol–water partition coefficient (Wildman–Crippen LogP) is 3.13. The van der Waals surface area contributed by atoms with Gasteiger partial charge in [-0.2, -0.15) is 0 Å². The molecule has 4 nitrogen and oxygen atoms in total. The lowest BCUT2D eigenvalue weighted by Crippen LogP contribution is -2.19. The van der Waals surface area contributed by atoms with E-state index >= 15 is 0 Å². The first-order valence-electron chi connectivity index (χ1n) is 5.74. The second kappa shape index (κ2) is 5.75. The molecule has 2 rings (SSSR count). The van der Waals surface area contributed by atoms with Gasteiger partial charge >= 0.3 is 0 Å². The van der Waals surface area contributed by atoms with Crippen LogP contribution in [-0.2, 0) is 0 Å². The van der Waals surface area contributed by atoms with Crippen molar-refractivity contribution in [2.24, 2.45) is 0 Å². The van der Waals surface area contributed by atoms with Crippen molar-refractivity contribution in [2.75, 3.05) is 18.1 Å². The molecule has 0 saturated carbocycles. The molecule has 5 heteroatoms. The number of nitrogen functional groups attached to an aromatic ring is 1. The number of carbonyl (C=O) groups excluding carboxylic acids is 1. The summed E-state index contributed by atoms with van der Waals surface area (Å²) < 4.78 is 1.00. The third-order valence-electron chi connectivity index (χ3n) is 2.64. The molecule has 0 aliphatic rings. The highest BCUT2D eigenvalue weighted by molar-refractivity contribution is 9.10. The molecule has 2 aromatic carbocycles. The smallest absolute Gasteiger partial charge is 0.253 e. The number of benzene rings is 2. The van der Waals surface area contributed by atoms with E-state index < -0.39 is 0 Å². The first-order chi connectivity index (χ1) is 9.10. The highest BCUT2D eigenvalue weighted by Gasteiger charge is 2.10. The van der Waals surface area contributed by atoms with Gasteiger partial charge in [-0.1, -0.05) is 15.9 Å². The van der Waals surface area contributed by atoms with E-state index in [1.807, 2.05) is 24.3 Å². The Morgan fingerprint density at radius 2 is 1.84 bits per heavy atom. The molecule has 0 bridgehead atoms. The average molecular weight is 320 g/mol. The van der Waals surface area contributed by atoms with Crippen molar-refractivity contribution < 1.29 is 4.79 Å². The molecule has 0 saturated heterocycles. The van der Waals surface area contributed by atoms with Gasteiger partial charge in [0.1, 0.15) is 0 Å². The van der Waals surface area contributed by atoms with Crippen LogP contribution in [0.25, 0.3) is 0 Å². The van der Waals surface area contributed by atoms with Crippen LogP contribution >= 0.6 is 15.9 Å². The monoisotopic (exact) mass is 319 g/mol. The quantitative estimate of drug-likeness (QED) is 0.761. The zero-order valence-electron chi connectivity index (χ0n) is 10.4. The van der Waals surface area contributed by atoms with Crippen LogP contribution in [0.1, 0.15) is 10.4 Å². The van der Waals surface area contributed by atoms with E-state index in [9.17, 15) is 4.79 Å². The van der Waals surface area contributed by atoms with Gasteiger partial charge in [0.05, 0.1) is 11.3 Å². The van der Waals surface area contributed by atoms with Gasteiger partial charge in [-0.05, 0) is 42.5 Å². The van der Waals surface area contributed by atoms with E-state index in [0.29, 0.717) is 11.3 Å². The molecule has 0 heterocycles. The van der Waals surface area contributed by atoms with Crippen LogP contribution in [0, 0.1) is 0 Å². The molecule has 0 aliphatic heterocycles. The summed E-state index contributed by atoms with van der Waals surface area (Å²) in [4.78, 5) is 11.8. The molecule has 0 spiro atoms. The van der Waals surface area contributed by atoms with Crippen LogP contribution in [0.3, 0.4) is 0 Å². The summed E-state index contributed by atoms with van der Waals surface area (Å²) in [6, 6.07) is 12.9. The summed E-state index contributed by atoms with van der Waals surface area (Å²) in [5, 5.41) is 5.81. The maximum Gasteiger partial charge on any atom is 0.253 e. The molecular formula is C14H14BrN3O. The second-order valence-electron chi connectivity index (χ2n) is 4.02. The summed E-state index contributed by atoms with van der Waals surface area (Å²) in [6.07, 6.45) is 0. The highest BCUT2D eigenvalue weighted by Crippen LogP contribution is 2.24. The number of amides is 1. The van der Waals surface area contributed by atoms with Crippen molar-refractivity contribution in [1.82, 2.24) is 5.32 Å². The van der Waals surface area contributed by atoms with Crippen molar-refractivity contribution in [1.29, 1.82) is 0 Å². The Kier molecular flexibility index (Phi) is 4.06. The Bertz CT molecular complexity index is 596. The van der Waals surface area contributed by atoms with Gasteiger partial charge in [-0.25, -0.2) is 0 Å². The average Bonchev–Trinajstić information content (AvgIpc) is 2.42. The summed E-state index contributed by atoms with van der Waals surface area (Å²) in [5.41, 5.74) is 8.41. The topological polar surface area (TPSA) is 67.2 Å². The molecule has 19 heavy (non-hydrogen) atoms. The lowest BCUT2D eigenvalue weighted by Gasteiger charge is -2.12. The summed E-state index contributed by atoms with van der Waals surface area (Å²) in [5.74, 6) is -0.174. The summed E-state index contributed by atoms with van der Waals surface area (Å²) >= 11 is 3.38. The Balaban J connectivity index is 2.34. The number of nitrogens with two attached hydrogens (primary N) is 1. The lowest BCUT2D eigenvalue weighted by atomic mass is 10.1. The molecule has 4 N–H and O–H groups in total. The molecular weight excluding hydrogens is 306 g/mol. The van der Waals surface area contributed by atoms with Crippen molar-refractivity contribution in [3.05, 3.63) is 52.5 Å². The number of hydrogen-bond donors (Lipinski definition) is 3. The van der Waals surface area contributed by atoms with Gasteiger partial charge in [0.15, 0.2) is 0 Å². The third kappa shape index (κ3) is 3.26. The van der Waals surface area contributed by atoms with Crippen LogP contribution in [0.2, 0.25) is 0 Å². The van der Waals surface area contributed by atoms with Crippen molar-refractivity contribution in [2.45, 2.75) is 0 Å². The van der Waals surface area contributed by atoms with Crippen molar-refractivity contribution >= 4 is 38.9 Å². The van der Waals surface area contributed by atoms with E-state index in [1.54, 1.807) is 25.2 Å². The Morgan fingerprint density at radius 1 is 1.16 bits per heavy atom. The second-order valence-corrected chi connectivity index (χ2v) is 4.93. The molecule has 0 aromatic heterocycles. The first kappa shape index (κ1) is 13.4. The molecule has 0 fully saturated rings. The number of halogens is 1. The normalized spacial score (nSPS) is 10.0. The number of carbonyl (C=O) groups is 1. The van der Waals surface area contributed by atoms with Gasteiger partial charge in [0, 0.05) is 22.9 Å². The maximum atomic E-state index is 11.8. The first-order valence-corrected chi connectivity index (χ1v) is 6.53. The van der Waals surface area contributed by atoms with Gasteiger partial charge in [-0.15, -0.1) is 0 Å². The predicted molar refractivity (Wildman–Crippen MR) is 81.7 cm³/mol. The zero-order chi connectivity index (χ0) is 13.8. The van der Waals surface area contributed by atoms with E-state index in [0.717, 1.165) is 15.8 Å². The Labute approximate surface area is 120 Å². The van der Waals surface area contributed by atoms with Crippen molar-refractivity contribution in [3.63, 3.8) is 0 Å². The minimum Gasteiger partial charge on any atom is -0.399 e. The number of rotatable bonds is 3. The van der Waals surface area contributed by atoms with E-state index in [1.165, 1.54) is 0 Å². The fourth-order valence-corrected chi connectivity index (χ4v) is 1.95. The van der Waals surface area contributed by atoms with Crippen molar-refractivity contribution in [3.8, 4) is 0 Å². The Hall–Kier alpha value is -2.01. The molecule has 0 radical (unpaired) electrons. The minimum atomic E-state index is -0.174. The van der Waals surface area contributed by atoms with Crippen LogP contribution in [0.4, 0.5) is 17.1 Å². The standard InChI is InChI=1S/C14H14BrN3O/c1-17-14(19)12-8-10(16)4-7-13(12)18-11-5-2-9(15)3-6-11/h2-8,18H,16H2,1H3,(H,17,19). The fourth-order valence-electron chi connectivity index (χ4n) is 1.68. The molecule has 98 valence electrons. The van der Waals surface area contributed by atoms with Crippen LogP contribution in [0.15, 0.2) is 46.9 Å². The van der Waals surface area contributed by atoms with Crippen LogP contribution in [0.5, 0.6) is 0 Å². The molecule has 1 amide bonds. The zero-order valence-corrected chi connectivity index (χ0v) is 12.0. The van der Waals surface area contributed by atoms with Gasteiger partial charge < -0.3 is 16.4 Å². The number of nitrogens with one attached hydrogen (secondary N) is 2. The summed E-state index contributed by atoms with van der Waals surface area (Å²) in [6.45, 7) is 0. The number of anilines is 3. The largest absolute Gasteiger partial charge is 0.399 e. The summed E-state index contributed by atoms with van der Waals surface area (Å²) in [7, 11) is 1.59. The molecule has 0 unspecified atom stereocenters. The van der Waals surface area contributed by atoms with E-state index in [4.69, 9.17) is 5.73 Å². The maximum absolute atomic E-state index is 11.8. The van der Waals surface area contributed by atoms with Crippen LogP contribution < -0.4 is 16.4 Å². The molecule has 0 aliphatic carbocycles. The Morgan fingerprint density at radius 3 is 2.47 bits per heavy atom. The van der Waals surface area contributed by atoms with E-state index in [-0.39, 0.29) is 5.91 Å². The lowest BCUT2D eigenvalue weighted by molar-refractivity contribution is 0.0964. The fraction of sp³-hybridized carbons (Fsp3) is 0.0714. The third-order valence-corrected chi connectivity index (χ3v) is 3.17. The van der Waals surface area contributed by atoms with Crippen LogP contribution in [-0.4, -0.2) is 13.0 Å². The van der Waals surface area contributed by atoms with E-state index in [2.05, 4.69) is 26.6 Å². The minimum absolute atomic E-state index is 0.174. The SMILES string of the molecule is CNC(=O)c1cc(N)ccc1Nc1ccc(Br)cc1. The number of hydrogen-bond acceptors (Lipinski definition) is 3. The molecule has 0 atom stereocenters. The highest BCUT2D eigenvalue weighted by atomic mass is 79.9. The van der Waals surface area contributed by atoms with Gasteiger partial charge in [-0.3, -0.25) is 4.79 Å².